The summed E-state index contributed by atoms with van der Waals surface area (Å²) in [6.45, 7) is 4.44. The summed E-state index contributed by atoms with van der Waals surface area (Å²) in [7, 11) is 0. The maximum atomic E-state index is 2.38. The van der Waals surface area contributed by atoms with Crippen LogP contribution in [0.15, 0.2) is 72.8 Å². The third-order valence-corrected chi connectivity index (χ3v) is 5.68. The molecule has 0 bridgehead atoms. The molecule has 0 nitrogen and oxygen atoms in total. The quantitative estimate of drug-likeness (QED) is 0.324. The predicted octanol–water partition coefficient (Wildman–Crippen LogP) is 7.17. The van der Waals surface area contributed by atoms with Crippen LogP contribution in [0.4, 0.5) is 0 Å². The molecular weight excluding hydrogens is 312 g/mol. The number of hydrogen-bond donors (Lipinski definition) is 0. The van der Waals surface area contributed by atoms with E-state index in [0.717, 1.165) is 6.42 Å². The molecule has 0 aliphatic heterocycles. The number of allylic oxidation sites excluding steroid dienone is 1. The molecule has 0 heterocycles. The van der Waals surface area contributed by atoms with E-state index in [4.69, 9.17) is 0 Å². The average Bonchev–Trinajstić information content (AvgIpc) is 2.68. The normalized spacial score (nSPS) is 16.2. The summed E-state index contributed by atoms with van der Waals surface area (Å²) in [5.41, 5.74) is 6.79. The summed E-state index contributed by atoms with van der Waals surface area (Å²) >= 11 is 0. The van der Waals surface area contributed by atoms with Gasteiger partial charge in [-0.15, -0.1) is 0 Å². The van der Waals surface area contributed by atoms with E-state index in [-0.39, 0.29) is 0 Å². The van der Waals surface area contributed by atoms with Gasteiger partial charge in [-0.3, -0.25) is 0 Å². The van der Waals surface area contributed by atoms with Gasteiger partial charge in [-0.05, 0) is 69.1 Å². The summed E-state index contributed by atoms with van der Waals surface area (Å²) in [5.74, 6) is 0.601. The summed E-state index contributed by atoms with van der Waals surface area (Å²) in [5, 5.41) is 5.51. The van der Waals surface area contributed by atoms with E-state index in [0.29, 0.717) is 5.92 Å². The van der Waals surface area contributed by atoms with Crippen LogP contribution in [0.2, 0.25) is 0 Å². The molecule has 1 aliphatic rings. The Balaban J connectivity index is 1.85. The van der Waals surface area contributed by atoms with Gasteiger partial charge in [-0.25, -0.2) is 0 Å². The second-order valence-electron chi connectivity index (χ2n) is 7.60. The molecule has 0 aromatic heterocycles. The minimum atomic E-state index is 0.601. The van der Waals surface area contributed by atoms with Crippen LogP contribution in [0.25, 0.3) is 38.7 Å². The topological polar surface area (TPSA) is 0 Å². The van der Waals surface area contributed by atoms with Crippen LogP contribution in [0.3, 0.4) is 0 Å². The Bertz CT molecular complexity index is 1160. The smallest absolute Gasteiger partial charge is 0.00960 e. The van der Waals surface area contributed by atoms with Gasteiger partial charge >= 0.3 is 0 Å². The van der Waals surface area contributed by atoms with E-state index in [2.05, 4.69) is 92.7 Å². The van der Waals surface area contributed by atoms with Crippen molar-refractivity contribution in [2.24, 2.45) is 5.92 Å². The van der Waals surface area contributed by atoms with Gasteiger partial charge in [0.25, 0.3) is 0 Å². The van der Waals surface area contributed by atoms with Gasteiger partial charge in [-0.1, -0.05) is 85.3 Å². The van der Waals surface area contributed by atoms with Crippen molar-refractivity contribution in [2.75, 3.05) is 0 Å². The Morgan fingerprint density at radius 2 is 1.46 bits per heavy atom. The van der Waals surface area contributed by atoms with Crippen molar-refractivity contribution < 1.29 is 0 Å². The van der Waals surface area contributed by atoms with E-state index >= 15 is 0 Å². The fraction of sp³-hybridized carbons (Fsp3) is 0.154. The molecule has 0 heteroatoms. The number of benzene rings is 4. The lowest BCUT2D eigenvalue weighted by molar-refractivity contribution is 0.722. The van der Waals surface area contributed by atoms with Crippen molar-refractivity contribution >= 4 is 27.6 Å². The van der Waals surface area contributed by atoms with Crippen molar-refractivity contribution in [3.63, 3.8) is 0 Å². The molecule has 0 spiro atoms. The predicted molar refractivity (Wildman–Crippen MR) is 114 cm³/mol. The van der Waals surface area contributed by atoms with Crippen LogP contribution >= 0.6 is 0 Å². The van der Waals surface area contributed by atoms with Gasteiger partial charge in [0.05, 0.1) is 0 Å². The van der Waals surface area contributed by atoms with E-state index in [1.165, 1.54) is 49.4 Å². The Morgan fingerprint density at radius 1 is 0.731 bits per heavy atom. The monoisotopic (exact) mass is 334 g/mol. The van der Waals surface area contributed by atoms with E-state index in [1.54, 1.807) is 0 Å². The highest BCUT2D eigenvalue weighted by Gasteiger charge is 2.17. The van der Waals surface area contributed by atoms with E-state index in [1.807, 2.05) is 0 Å². The molecule has 4 aromatic carbocycles. The highest BCUT2D eigenvalue weighted by Crippen LogP contribution is 2.39. The lowest BCUT2D eigenvalue weighted by Gasteiger charge is -2.21. The third-order valence-electron chi connectivity index (χ3n) is 5.68. The standard InChI is InChI=1S/C26H22/c1-17-7-10-19(11-8-17)20-12-14-24-25-15-18(2)9-13-23(25)21-5-3-4-6-22(21)26(24)16-20/h3-14,16,18H,15H2,1-2H3. The molecule has 26 heavy (non-hydrogen) atoms. The van der Waals surface area contributed by atoms with Crippen LogP contribution in [-0.4, -0.2) is 0 Å². The zero-order chi connectivity index (χ0) is 17.7. The van der Waals surface area contributed by atoms with Crippen molar-refractivity contribution in [2.45, 2.75) is 20.3 Å². The molecule has 1 aliphatic carbocycles. The zero-order valence-electron chi connectivity index (χ0n) is 15.3. The molecule has 0 radical (unpaired) electrons. The van der Waals surface area contributed by atoms with Gasteiger partial charge in [0, 0.05) is 0 Å². The third kappa shape index (κ3) is 2.37. The maximum absolute atomic E-state index is 2.38. The highest BCUT2D eigenvalue weighted by molar-refractivity contribution is 6.14. The lowest BCUT2D eigenvalue weighted by atomic mass is 9.83. The fourth-order valence-electron chi connectivity index (χ4n) is 4.28. The molecule has 1 unspecified atom stereocenters. The average molecular weight is 334 g/mol. The van der Waals surface area contributed by atoms with Gasteiger partial charge in [0.15, 0.2) is 0 Å². The fourth-order valence-corrected chi connectivity index (χ4v) is 4.28. The van der Waals surface area contributed by atoms with Gasteiger partial charge in [0.1, 0.15) is 0 Å². The molecular formula is C26H22. The van der Waals surface area contributed by atoms with Crippen LogP contribution in [0.5, 0.6) is 0 Å². The SMILES string of the molecule is Cc1ccc(-c2ccc3c4c(c5ccccc5c3c2)C=CC(C)C4)cc1. The summed E-state index contributed by atoms with van der Waals surface area (Å²) < 4.78 is 0. The summed E-state index contributed by atoms with van der Waals surface area (Å²) in [6, 6.07) is 24.7. The molecule has 0 saturated heterocycles. The first-order valence-electron chi connectivity index (χ1n) is 9.43. The van der Waals surface area contributed by atoms with E-state index < -0.39 is 0 Å². The van der Waals surface area contributed by atoms with Gasteiger partial charge in [0.2, 0.25) is 0 Å². The molecule has 4 aromatic rings. The molecule has 126 valence electrons. The minimum absolute atomic E-state index is 0.601. The molecule has 0 amide bonds. The second kappa shape index (κ2) is 5.85. The first-order valence-corrected chi connectivity index (χ1v) is 9.43. The second-order valence-corrected chi connectivity index (χ2v) is 7.60. The van der Waals surface area contributed by atoms with Crippen molar-refractivity contribution in [3.05, 3.63) is 89.5 Å². The molecule has 0 fully saturated rings. The van der Waals surface area contributed by atoms with Gasteiger partial charge in [-0.2, -0.15) is 0 Å². The van der Waals surface area contributed by atoms with Crippen LogP contribution in [0, 0.1) is 12.8 Å². The minimum Gasteiger partial charge on any atom is -0.0807 e. The number of rotatable bonds is 1. The largest absolute Gasteiger partial charge is 0.0807 e. The van der Waals surface area contributed by atoms with Crippen molar-refractivity contribution in [3.8, 4) is 11.1 Å². The lowest BCUT2D eigenvalue weighted by Crippen LogP contribution is -2.05. The Hall–Kier alpha value is -2.86. The Kier molecular flexibility index (Phi) is 3.46. The molecule has 5 rings (SSSR count). The molecule has 0 saturated carbocycles. The maximum Gasteiger partial charge on any atom is -0.00960 e. The molecule has 0 N–H and O–H groups in total. The van der Waals surface area contributed by atoms with E-state index in [9.17, 15) is 0 Å². The van der Waals surface area contributed by atoms with Crippen LogP contribution in [-0.2, 0) is 6.42 Å². The van der Waals surface area contributed by atoms with Crippen LogP contribution < -0.4 is 0 Å². The van der Waals surface area contributed by atoms with Gasteiger partial charge < -0.3 is 0 Å². The first-order chi connectivity index (χ1) is 12.7. The van der Waals surface area contributed by atoms with Crippen molar-refractivity contribution in [1.82, 2.24) is 0 Å². The van der Waals surface area contributed by atoms with Crippen LogP contribution in [0.1, 0.15) is 23.6 Å². The summed E-state index contributed by atoms with van der Waals surface area (Å²) in [6.07, 6.45) is 5.80. The Labute approximate surface area is 154 Å². The number of fused-ring (bicyclic) bond motifs is 6. The molecule has 1 atom stereocenters. The number of hydrogen-bond acceptors (Lipinski definition) is 0. The first kappa shape index (κ1) is 15.4. The highest BCUT2D eigenvalue weighted by atomic mass is 14.2. The number of aryl methyl sites for hydroxylation is 1. The van der Waals surface area contributed by atoms with Crippen molar-refractivity contribution in [1.29, 1.82) is 0 Å². The zero-order valence-corrected chi connectivity index (χ0v) is 15.3. The summed E-state index contributed by atoms with van der Waals surface area (Å²) in [4.78, 5) is 0. The Morgan fingerprint density at radius 3 is 2.27 bits per heavy atom.